The van der Waals surface area contributed by atoms with Gasteiger partial charge >= 0.3 is 13.8 Å². The first kappa shape index (κ1) is 53.1. The Morgan fingerprint density at radius 3 is 1.31 bits per heavy atom. The molecule has 54 heavy (non-hydrogen) atoms. The number of phosphoric acid groups is 1. The highest BCUT2D eigenvalue weighted by atomic mass is 31.2. The molecule has 322 valence electrons. The van der Waals surface area contributed by atoms with Crippen molar-refractivity contribution in [1.29, 1.82) is 0 Å². The van der Waals surface area contributed by atoms with Crippen molar-refractivity contribution in [2.75, 3.05) is 26.4 Å². The number of rotatable bonds is 45. The topological polar surface area (TPSA) is 117 Å². The van der Waals surface area contributed by atoms with Crippen LogP contribution < -0.4 is 5.73 Å². The molecule has 0 aromatic carbocycles. The van der Waals surface area contributed by atoms with E-state index in [1.807, 2.05) is 6.08 Å². The Morgan fingerprint density at radius 1 is 0.556 bits per heavy atom. The largest absolute Gasteiger partial charge is 0.498 e. The maximum absolute atomic E-state index is 12.6. The van der Waals surface area contributed by atoms with E-state index in [1.165, 1.54) is 186 Å². The van der Waals surface area contributed by atoms with Crippen LogP contribution in [0.3, 0.4) is 0 Å². The van der Waals surface area contributed by atoms with Crippen LogP contribution in [0.2, 0.25) is 0 Å². The third kappa shape index (κ3) is 42.2. The Bertz CT molecular complexity index is 843. The fraction of sp³-hybridized carbons (Fsp3) is 0.933. The van der Waals surface area contributed by atoms with Crippen molar-refractivity contribution in [1.82, 2.24) is 0 Å². The molecule has 0 fully saturated rings. The van der Waals surface area contributed by atoms with Gasteiger partial charge in [-0.3, -0.25) is 13.8 Å². The maximum atomic E-state index is 12.6. The van der Waals surface area contributed by atoms with E-state index in [0.29, 0.717) is 6.42 Å². The molecule has 0 saturated carbocycles. The second-order valence-electron chi connectivity index (χ2n) is 15.7. The predicted molar refractivity (Wildman–Crippen MR) is 229 cm³/mol. The van der Waals surface area contributed by atoms with Crippen LogP contribution in [-0.2, 0) is 27.9 Å². The second kappa shape index (κ2) is 43.2. The molecule has 3 N–H and O–H groups in total. The molecule has 0 aliphatic heterocycles. The zero-order valence-corrected chi connectivity index (χ0v) is 36.6. The summed E-state index contributed by atoms with van der Waals surface area (Å²) in [5.41, 5.74) is 5.37. The van der Waals surface area contributed by atoms with Gasteiger partial charge in [0.25, 0.3) is 0 Å². The zero-order chi connectivity index (χ0) is 39.5. The quantitative estimate of drug-likeness (QED) is 0.0271. The van der Waals surface area contributed by atoms with Gasteiger partial charge in [0, 0.05) is 13.0 Å². The summed E-state index contributed by atoms with van der Waals surface area (Å²) in [5, 5.41) is 0. The number of hydrogen-bond donors (Lipinski definition) is 2. The van der Waals surface area contributed by atoms with Gasteiger partial charge in [-0.1, -0.05) is 213 Å². The molecule has 1 unspecified atom stereocenters. The van der Waals surface area contributed by atoms with Crippen LogP contribution >= 0.6 is 7.82 Å². The molecule has 0 bridgehead atoms. The Labute approximate surface area is 334 Å². The van der Waals surface area contributed by atoms with Crippen LogP contribution in [0.25, 0.3) is 0 Å². The first-order chi connectivity index (χ1) is 26.4. The van der Waals surface area contributed by atoms with Crippen LogP contribution in [0.15, 0.2) is 12.3 Å². The van der Waals surface area contributed by atoms with E-state index in [9.17, 15) is 14.3 Å². The van der Waals surface area contributed by atoms with Crippen LogP contribution in [-0.4, -0.2) is 43.3 Å². The SMILES string of the molecule is CCCCCCCCCCCCCCC=COC[C@H](COP(=O)(O)OCCN)OC(=O)CCCCCCCCCCCCCCCCCCCCCCC. The van der Waals surface area contributed by atoms with Gasteiger partial charge in [-0.15, -0.1) is 0 Å². The van der Waals surface area contributed by atoms with Crippen LogP contribution in [0.5, 0.6) is 0 Å². The number of carbonyl (C=O) groups is 1. The average Bonchev–Trinajstić information content (AvgIpc) is 3.16. The monoisotopic (exact) mass is 788 g/mol. The van der Waals surface area contributed by atoms with Crippen LogP contribution in [0.1, 0.15) is 239 Å². The second-order valence-corrected chi connectivity index (χ2v) is 17.2. The summed E-state index contributed by atoms with van der Waals surface area (Å²) in [4.78, 5) is 22.5. The Balaban J connectivity index is 3.96. The summed E-state index contributed by atoms with van der Waals surface area (Å²) in [5.74, 6) is -0.346. The van der Waals surface area contributed by atoms with Gasteiger partial charge in [0.2, 0.25) is 0 Å². The Kier molecular flexibility index (Phi) is 42.5. The zero-order valence-electron chi connectivity index (χ0n) is 35.7. The van der Waals surface area contributed by atoms with Gasteiger partial charge in [0.1, 0.15) is 6.61 Å². The van der Waals surface area contributed by atoms with Crippen molar-refractivity contribution in [2.45, 2.75) is 245 Å². The summed E-state index contributed by atoms with van der Waals surface area (Å²) >= 11 is 0. The lowest BCUT2D eigenvalue weighted by molar-refractivity contribution is -0.153. The highest BCUT2D eigenvalue weighted by Gasteiger charge is 2.25. The molecular weight excluding hydrogens is 697 g/mol. The lowest BCUT2D eigenvalue weighted by atomic mass is 10.0. The normalized spacial score (nSPS) is 13.4. The highest BCUT2D eigenvalue weighted by Crippen LogP contribution is 2.43. The first-order valence-corrected chi connectivity index (χ1v) is 24.7. The standard InChI is InChI=1S/C45H90NO7P/c1-3-5-7-9-11-13-15-17-19-20-21-22-23-24-25-26-28-30-32-34-36-38-45(47)53-44(43-52-54(48,49)51-41-39-46)42-50-40-37-35-33-31-29-27-18-16-14-12-10-8-6-4-2/h37,40,44H,3-36,38-39,41-43,46H2,1-2H3,(H,48,49)/t44-/m1/s1. The fourth-order valence-electron chi connectivity index (χ4n) is 6.85. The smallest absolute Gasteiger partial charge is 0.472 e. The van der Waals surface area contributed by atoms with Crippen molar-refractivity contribution in [3.63, 3.8) is 0 Å². The van der Waals surface area contributed by atoms with E-state index in [-0.39, 0.29) is 32.3 Å². The average molecular weight is 788 g/mol. The van der Waals surface area contributed by atoms with Gasteiger partial charge in [-0.25, -0.2) is 4.57 Å². The van der Waals surface area contributed by atoms with Crippen molar-refractivity contribution in [2.24, 2.45) is 5.73 Å². The van der Waals surface area contributed by atoms with Crippen molar-refractivity contribution in [3.05, 3.63) is 12.3 Å². The minimum atomic E-state index is -4.29. The minimum absolute atomic E-state index is 0.0386. The van der Waals surface area contributed by atoms with E-state index in [2.05, 4.69) is 13.8 Å². The van der Waals surface area contributed by atoms with Gasteiger partial charge in [-0.05, 0) is 25.3 Å². The molecule has 0 aromatic rings. The first-order valence-electron chi connectivity index (χ1n) is 23.2. The van der Waals surface area contributed by atoms with E-state index in [1.54, 1.807) is 6.26 Å². The highest BCUT2D eigenvalue weighted by molar-refractivity contribution is 7.47. The summed E-state index contributed by atoms with van der Waals surface area (Å²) < 4.78 is 33.2. The van der Waals surface area contributed by atoms with Gasteiger partial charge < -0.3 is 20.1 Å². The Morgan fingerprint density at radius 2 is 0.926 bits per heavy atom. The molecule has 0 aliphatic rings. The van der Waals surface area contributed by atoms with Crippen molar-refractivity contribution < 1.29 is 32.8 Å². The number of nitrogens with two attached hydrogens (primary N) is 1. The van der Waals surface area contributed by atoms with Gasteiger partial charge in [0.05, 0.1) is 19.5 Å². The van der Waals surface area contributed by atoms with E-state index >= 15 is 0 Å². The molecule has 2 atom stereocenters. The van der Waals surface area contributed by atoms with E-state index < -0.39 is 13.9 Å². The molecule has 0 aliphatic carbocycles. The number of hydrogen-bond acceptors (Lipinski definition) is 7. The lowest BCUT2D eigenvalue weighted by Gasteiger charge is -2.19. The molecule has 0 rings (SSSR count). The summed E-state index contributed by atoms with van der Waals surface area (Å²) in [6.45, 7) is 4.29. The molecular formula is C45H90NO7P. The molecule has 0 spiro atoms. The Hall–Kier alpha value is -0.920. The third-order valence-corrected chi connectivity index (χ3v) is 11.3. The van der Waals surface area contributed by atoms with Crippen LogP contribution in [0, 0.1) is 0 Å². The predicted octanol–water partition coefficient (Wildman–Crippen LogP) is 14.2. The van der Waals surface area contributed by atoms with Crippen molar-refractivity contribution in [3.8, 4) is 0 Å². The number of allylic oxidation sites excluding steroid dienone is 1. The van der Waals surface area contributed by atoms with E-state index in [4.69, 9.17) is 24.3 Å². The molecule has 8 nitrogen and oxygen atoms in total. The maximum Gasteiger partial charge on any atom is 0.472 e. The molecule has 0 radical (unpaired) electrons. The van der Waals surface area contributed by atoms with Gasteiger partial charge in [0.15, 0.2) is 6.10 Å². The minimum Gasteiger partial charge on any atom is -0.498 e. The molecule has 0 heterocycles. The molecule has 0 amide bonds. The number of esters is 1. The summed E-state index contributed by atoms with van der Waals surface area (Å²) in [7, 11) is -4.29. The molecule has 0 aromatic heterocycles. The number of carbonyl (C=O) groups excluding carboxylic acids is 1. The summed E-state index contributed by atoms with van der Waals surface area (Å²) in [6, 6.07) is 0. The number of ether oxygens (including phenoxy) is 2. The fourth-order valence-corrected chi connectivity index (χ4v) is 7.61. The summed E-state index contributed by atoms with van der Waals surface area (Å²) in [6.07, 6.45) is 47.6. The van der Waals surface area contributed by atoms with Crippen molar-refractivity contribution >= 4 is 13.8 Å². The number of unbranched alkanes of at least 4 members (excludes halogenated alkanes) is 32. The van der Waals surface area contributed by atoms with Gasteiger partial charge in [-0.2, -0.15) is 0 Å². The lowest BCUT2D eigenvalue weighted by Crippen LogP contribution is -2.27. The molecule has 0 saturated heterocycles. The molecule has 9 heteroatoms. The van der Waals surface area contributed by atoms with E-state index in [0.717, 1.165) is 32.1 Å². The number of phosphoric ester groups is 1. The third-order valence-electron chi connectivity index (χ3n) is 10.3. The van der Waals surface area contributed by atoms with Crippen LogP contribution in [0.4, 0.5) is 0 Å².